The Morgan fingerprint density at radius 3 is 2.76 bits per heavy atom. The number of azo groups is 1. The van der Waals surface area contributed by atoms with E-state index in [2.05, 4.69) is 15.0 Å². The molecule has 7 heteroatoms. The molecule has 1 aromatic rings. The van der Waals surface area contributed by atoms with Gasteiger partial charge >= 0.3 is 0 Å². The Morgan fingerprint density at radius 1 is 1.24 bits per heavy atom. The summed E-state index contributed by atoms with van der Waals surface area (Å²) in [5.41, 5.74) is 3.47. The van der Waals surface area contributed by atoms with Gasteiger partial charge in [0, 0.05) is 17.7 Å². The lowest BCUT2D eigenvalue weighted by Gasteiger charge is -2.25. The van der Waals surface area contributed by atoms with Crippen molar-refractivity contribution in [1.82, 2.24) is 0 Å². The first kappa shape index (κ1) is 17.8. The SMILES string of the molecule is CC(C)S(=O)(=O)Nc1cccc(CC2N=NC(=O)C3=C2CCCC3)c1. The van der Waals surface area contributed by atoms with Gasteiger partial charge in [0.05, 0.1) is 11.3 Å². The van der Waals surface area contributed by atoms with Crippen molar-refractivity contribution in [2.45, 2.75) is 57.2 Å². The molecule has 1 atom stereocenters. The Labute approximate surface area is 148 Å². The van der Waals surface area contributed by atoms with E-state index in [1.54, 1.807) is 19.9 Å². The average molecular weight is 361 g/mol. The topological polar surface area (TPSA) is 88.0 Å². The first-order valence-electron chi connectivity index (χ1n) is 8.64. The van der Waals surface area contributed by atoms with E-state index in [1.165, 1.54) is 0 Å². The third-order valence-corrected chi connectivity index (χ3v) is 6.46. The number of benzene rings is 1. The number of anilines is 1. The summed E-state index contributed by atoms with van der Waals surface area (Å²) in [7, 11) is -3.37. The van der Waals surface area contributed by atoms with Gasteiger partial charge < -0.3 is 0 Å². The predicted octanol–water partition coefficient (Wildman–Crippen LogP) is 3.61. The Bertz CT molecular complexity index is 841. The second-order valence-electron chi connectivity index (χ2n) is 6.85. The van der Waals surface area contributed by atoms with E-state index in [4.69, 9.17) is 0 Å². The molecule has 0 saturated heterocycles. The molecule has 0 bridgehead atoms. The molecule has 134 valence electrons. The summed E-state index contributed by atoms with van der Waals surface area (Å²) in [6, 6.07) is 7.22. The minimum absolute atomic E-state index is 0.120. The summed E-state index contributed by atoms with van der Waals surface area (Å²) < 4.78 is 26.7. The van der Waals surface area contributed by atoms with Gasteiger partial charge in [0.1, 0.15) is 0 Å². The number of nitrogens with one attached hydrogen (secondary N) is 1. The second kappa shape index (κ2) is 7.07. The van der Waals surface area contributed by atoms with Crippen LogP contribution in [0.1, 0.15) is 45.1 Å². The molecule has 0 fully saturated rings. The van der Waals surface area contributed by atoms with Gasteiger partial charge in [-0.05, 0) is 62.8 Å². The number of sulfonamides is 1. The van der Waals surface area contributed by atoms with Gasteiger partial charge in [-0.3, -0.25) is 9.52 Å². The minimum Gasteiger partial charge on any atom is -0.283 e. The van der Waals surface area contributed by atoms with E-state index >= 15 is 0 Å². The largest absolute Gasteiger partial charge is 0.291 e. The third-order valence-electron chi connectivity index (χ3n) is 4.70. The highest BCUT2D eigenvalue weighted by molar-refractivity contribution is 7.93. The van der Waals surface area contributed by atoms with Gasteiger partial charge in [0.25, 0.3) is 5.91 Å². The van der Waals surface area contributed by atoms with Gasteiger partial charge in [-0.25, -0.2) is 8.42 Å². The van der Waals surface area contributed by atoms with Crippen molar-refractivity contribution in [1.29, 1.82) is 0 Å². The number of carbonyl (C=O) groups is 1. The molecular formula is C18H23N3O3S. The number of amides is 1. The van der Waals surface area contributed by atoms with Crippen molar-refractivity contribution in [3.8, 4) is 0 Å². The lowest BCUT2D eigenvalue weighted by atomic mass is 9.84. The lowest BCUT2D eigenvalue weighted by molar-refractivity contribution is -0.115. The van der Waals surface area contributed by atoms with E-state index in [0.717, 1.165) is 42.4 Å². The maximum absolute atomic E-state index is 12.0. The summed E-state index contributed by atoms with van der Waals surface area (Å²) in [6.45, 7) is 3.28. The Morgan fingerprint density at radius 2 is 2.00 bits per heavy atom. The van der Waals surface area contributed by atoms with Crippen molar-refractivity contribution in [2.75, 3.05) is 4.72 Å². The Hall–Kier alpha value is -2.02. The monoisotopic (exact) mass is 361 g/mol. The molecule has 6 nitrogen and oxygen atoms in total. The lowest BCUT2D eigenvalue weighted by Crippen LogP contribution is -2.24. The molecule has 0 aromatic heterocycles. The standard InChI is InChI=1S/C18H23N3O3S/c1-12(2)25(23,24)21-14-7-5-6-13(10-14)11-17-15-8-3-4-9-16(15)18(22)20-19-17/h5-7,10,12,17,21H,3-4,8-9,11H2,1-2H3. The maximum Gasteiger partial charge on any atom is 0.291 e. The zero-order valence-electron chi connectivity index (χ0n) is 14.5. The van der Waals surface area contributed by atoms with Crippen molar-refractivity contribution in [3.05, 3.63) is 41.0 Å². The molecule has 1 aliphatic heterocycles. The van der Waals surface area contributed by atoms with Crippen LogP contribution in [-0.2, 0) is 21.2 Å². The van der Waals surface area contributed by atoms with E-state index in [-0.39, 0.29) is 11.9 Å². The predicted molar refractivity (Wildman–Crippen MR) is 97.0 cm³/mol. The zero-order valence-corrected chi connectivity index (χ0v) is 15.3. The van der Waals surface area contributed by atoms with Crippen LogP contribution in [0.15, 0.2) is 45.6 Å². The summed E-state index contributed by atoms with van der Waals surface area (Å²) in [5.74, 6) is -0.190. The fraction of sp³-hybridized carbons (Fsp3) is 0.500. The van der Waals surface area contributed by atoms with Gasteiger partial charge in [0.15, 0.2) is 0 Å². The Balaban J connectivity index is 1.80. The number of hydrogen-bond acceptors (Lipinski definition) is 4. The van der Waals surface area contributed by atoms with Crippen LogP contribution >= 0.6 is 0 Å². The average Bonchev–Trinajstić information content (AvgIpc) is 2.57. The molecule has 0 spiro atoms. The zero-order chi connectivity index (χ0) is 18.0. The van der Waals surface area contributed by atoms with Crippen LogP contribution in [-0.4, -0.2) is 25.6 Å². The van der Waals surface area contributed by atoms with Crippen LogP contribution in [0, 0.1) is 0 Å². The van der Waals surface area contributed by atoms with Gasteiger partial charge in [-0.1, -0.05) is 12.1 Å². The molecule has 3 rings (SSSR count). The summed E-state index contributed by atoms with van der Waals surface area (Å²) in [5, 5.41) is 7.52. The summed E-state index contributed by atoms with van der Waals surface area (Å²) in [4.78, 5) is 11.9. The van der Waals surface area contributed by atoms with Crippen molar-refractivity contribution < 1.29 is 13.2 Å². The molecule has 2 aliphatic rings. The number of nitrogens with zero attached hydrogens (tertiary/aromatic N) is 2. The molecule has 1 aliphatic carbocycles. The van der Waals surface area contributed by atoms with E-state index < -0.39 is 15.3 Å². The van der Waals surface area contributed by atoms with Gasteiger partial charge in [-0.2, -0.15) is 5.11 Å². The molecule has 1 amide bonds. The normalized spacial score (nSPS) is 20.8. The van der Waals surface area contributed by atoms with Crippen LogP contribution in [0.25, 0.3) is 0 Å². The quantitative estimate of drug-likeness (QED) is 0.869. The first-order chi connectivity index (χ1) is 11.9. The van der Waals surface area contributed by atoms with Gasteiger partial charge in [-0.15, -0.1) is 5.11 Å². The van der Waals surface area contributed by atoms with Crippen LogP contribution in [0.3, 0.4) is 0 Å². The molecule has 25 heavy (non-hydrogen) atoms. The second-order valence-corrected chi connectivity index (χ2v) is 9.08. The molecule has 1 aromatic carbocycles. The fourth-order valence-corrected chi connectivity index (χ4v) is 3.92. The molecule has 0 radical (unpaired) electrons. The van der Waals surface area contributed by atoms with Crippen LogP contribution in [0.2, 0.25) is 0 Å². The number of hydrogen-bond donors (Lipinski definition) is 1. The molecule has 1 heterocycles. The van der Waals surface area contributed by atoms with E-state index in [9.17, 15) is 13.2 Å². The van der Waals surface area contributed by atoms with Crippen LogP contribution in [0.5, 0.6) is 0 Å². The molecule has 1 N–H and O–H groups in total. The fourth-order valence-electron chi connectivity index (χ4n) is 3.22. The Kier molecular flexibility index (Phi) is 5.03. The van der Waals surface area contributed by atoms with Gasteiger partial charge in [0.2, 0.25) is 10.0 Å². The van der Waals surface area contributed by atoms with Crippen LogP contribution in [0.4, 0.5) is 5.69 Å². The first-order valence-corrected chi connectivity index (χ1v) is 10.2. The molecular weight excluding hydrogens is 338 g/mol. The van der Waals surface area contributed by atoms with Crippen molar-refractivity contribution in [2.24, 2.45) is 10.2 Å². The molecule has 1 unspecified atom stereocenters. The minimum atomic E-state index is -3.37. The maximum atomic E-state index is 12.0. The smallest absolute Gasteiger partial charge is 0.283 e. The van der Waals surface area contributed by atoms with Crippen molar-refractivity contribution in [3.63, 3.8) is 0 Å². The highest BCUT2D eigenvalue weighted by Gasteiger charge is 2.29. The number of carbonyl (C=O) groups excluding carboxylic acids is 1. The summed E-state index contributed by atoms with van der Waals surface area (Å²) in [6.07, 6.45) is 4.40. The molecule has 0 saturated carbocycles. The van der Waals surface area contributed by atoms with E-state index in [1.807, 2.05) is 18.2 Å². The number of rotatable bonds is 5. The van der Waals surface area contributed by atoms with E-state index in [0.29, 0.717) is 12.1 Å². The highest BCUT2D eigenvalue weighted by Crippen LogP contribution is 2.33. The van der Waals surface area contributed by atoms with Crippen molar-refractivity contribution >= 4 is 21.6 Å². The van der Waals surface area contributed by atoms with Crippen LogP contribution < -0.4 is 4.72 Å². The third kappa shape index (κ3) is 3.98. The summed E-state index contributed by atoms with van der Waals surface area (Å²) >= 11 is 0. The highest BCUT2D eigenvalue weighted by atomic mass is 32.2.